The largest absolute Gasteiger partial charge is 0.508 e. The van der Waals surface area contributed by atoms with Gasteiger partial charge in [-0.2, -0.15) is 0 Å². The van der Waals surface area contributed by atoms with Gasteiger partial charge in [0.05, 0.1) is 0 Å². The number of hydrogen-bond donors (Lipinski definition) is 0. The Hall–Kier alpha value is -0.120. The topological polar surface area (TPSA) is 35.5 Å². The molecule has 1 rings (SSSR count). The fraction of sp³-hybridized carbons (Fsp3) is 0.667. The summed E-state index contributed by atoms with van der Waals surface area (Å²) in [4.78, 5) is 11.1. The van der Waals surface area contributed by atoms with Crippen LogP contribution in [-0.2, 0) is 9.47 Å². The number of carbonyl (C=O) groups excluding carboxylic acids is 1. The highest BCUT2D eigenvalue weighted by Gasteiger charge is 2.24. The lowest BCUT2D eigenvalue weighted by Crippen LogP contribution is -2.23. The second kappa shape index (κ2) is 5.83. The summed E-state index contributed by atoms with van der Waals surface area (Å²) in [5.74, 6) is 0. The van der Waals surface area contributed by atoms with Crippen LogP contribution in [0.1, 0.15) is 19.3 Å². The van der Waals surface area contributed by atoms with E-state index in [9.17, 15) is 4.79 Å². The van der Waals surface area contributed by atoms with Crippen LogP contribution in [-0.4, -0.2) is 22.7 Å². The first kappa shape index (κ1) is 12.9. The van der Waals surface area contributed by atoms with Crippen molar-refractivity contribution in [2.75, 3.05) is 6.61 Å². The molecule has 6 heteroatoms. The summed E-state index contributed by atoms with van der Waals surface area (Å²) in [7, 11) is 0. The van der Waals surface area contributed by atoms with E-state index < -0.39 is 9.95 Å². The predicted octanol–water partition coefficient (Wildman–Crippen LogP) is 3.62. The Bertz CT molecular complexity index is 247. The zero-order chi connectivity index (χ0) is 11.3. The van der Waals surface area contributed by atoms with Gasteiger partial charge in [-0.1, -0.05) is 47.0 Å². The number of alkyl halides is 3. The third kappa shape index (κ3) is 6.13. The summed E-state index contributed by atoms with van der Waals surface area (Å²) in [5, 5.41) is 0. The summed E-state index contributed by atoms with van der Waals surface area (Å²) in [6.45, 7) is -0.306. The van der Waals surface area contributed by atoms with Gasteiger partial charge < -0.3 is 9.47 Å². The zero-order valence-electron chi connectivity index (χ0n) is 7.92. The molecule has 1 aliphatic carbocycles. The van der Waals surface area contributed by atoms with Crippen LogP contribution in [0.2, 0.25) is 0 Å². The second-order valence-electron chi connectivity index (χ2n) is 3.18. The molecule has 0 unspecified atom stereocenters. The molecule has 0 saturated carbocycles. The predicted molar refractivity (Wildman–Crippen MR) is 59.5 cm³/mol. The van der Waals surface area contributed by atoms with Gasteiger partial charge >= 0.3 is 6.16 Å². The first-order valence-corrected chi connectivity index (χ1v) is 5.66. The molecule has 0 bridgehead atoms. The lowest BCUT2D eigenvalue weighted by atomic mass is 10.1. The van der Waals surface area contributed by atoms with Crippen LogP contribution in [0.4, 0.5) is 4.79 Å². The van der Waals surface area contributed by atoms with Gasteiger partial charge in [-0.25, -0.2) is 4.79 Å². The average molecular weight is 274 g/mol. The van der Waals surface area contributed by atoms with Crippen molar-refractivity contribution in [1.29, 1.82) is 0 Å². The number of carbonyl (C=O) groups is 1. The number of allylic oxidation sites excluding steroid dienone is 1. The molecule has 0 aromatic heterocycles. The normalized spacial score (nSPS) is 21.1. The van der Waals surface area contributed by atoms with Gasteiger partial charge in [0.25, 0.3) is 0 Å². The van der Waals surface area contributed by atoms with Crippen LogP contribution in [0.25, 0.3) is 0 Å². The molecule has 0 saturated heterocycles. The fourth-order valence-corrected chi connectivity index (χ4v) is 1.35. The number of hydrogen-bond acceptors (Lipinski definition) is 3. The maximum absolute atomic E-state index is 11.1. The Balaban J connectivity index is 2.21. The molecule has 0 aromatic rings. The number of rotatable bonds is 2. The Morgan fingerprint density at radius 2 is 2.13 bits per heavy atom. The quantitative estimate of drug-likeness (QED) is 0.438. The standard InChI is InChI=1S/C9H11Cl3O3/c10-9(11,12)6-14-8(13)15-7-4-2-1-3-5-7/h1-2,7H,3-6H2/t7-/m1/s1. The van der Waals surface area contributed by atoms with E-state index in [0.717, 1.165) is 12.8 Å². The molecular weight excluding hydrogens is 262 g/mol. The van der Waals surface area contributed by atoms with Crippen molar-refractivity contribution in [2.24, 2.45) is 0 Å². The second-order valence-corrected chi connectivity index (χ2v) is 5.69. The van der Waals surface area contributed by atoms with Crippen molar-refractivity contribution in [1.82, 2.24) is 0 Å². The molecule has 0 aromatic carbocycles. The van der Waals surface area contributed by atoms with Crippen LogP contribution in [0.15, 0.2) is 12.2 Å². The van der Waals surface area contributed by atoms with Gasteiger partial charge in [0.15, 0.2) is 0 Å². The van der Waals surface area contributed by atoms with Crippen molar-refractivity contribution < 1.29 is 14.3 Å². The van der Waals surface area contributed by atoms with Crippen LogP contribution < -0.4 is 0 Å². The van der Waals surface area contributed by atoms with E-state index in [2.05, 4.69) is 4.74 Å². The van der Waals surface area contributed by atoms with Gasteiger partial charge in [-0.15, -0.1) is 0 Å². The molecule has 0 N–H and O–H groups in total. The van der Waals surface area contributed by atoms with E-state index >= 15 is 0 Å². The summed E-state index contributed by atoms with van der Waals surface area (Å²) < 4.78 is 8.03. The molecule has 15 heavy (non-hydrogen) atoms. The van der Waals surface area contributed by atoms with E-state index in [1.807, 2.05) is 12.2 Å². The third-order valence-electron chi connectivity index (χ3n) is 1.84. The Morgan fingerprint density at radius 1 is 1.40 bits per heavy atom. The molecule has 0 spiro atoms. The number of halogens is 3. The molecular formula is C9H11Cl3O3. The SMILES string of the molecule is O=C(OCC(Cl)(Cl)Cl)O[C@@H]1CC=CCC1. The number of ether oxygens (including phenoxy) is 2. The molecule has 1 atom stereocenters. The van der Waals surface area contributed by atoms with Gasteiger partial charge in [-0.05, 0) is 12.8 Å². The highest BCUT2D eigenvalue weighted by Crippen LogP contribution is 2.26. The van der Waals surface area contributed by atoms with E-state index in [-0.39, 0.29) is 12.7 Å². The van der Waals surface area contributed by atoms with Crippen LogP contribution in [0.3, 0.4) is 0 Å². The van der Waals surface area contributed by atoms with Gasteiger partial charge in [0, 0.05) is 6.42 Å². The van der Waals surface area contributed by atoms with Crippen LogP contribution >= 0.6 is 34.8 Å². The molecule has 0 fully saturated rings. The average Bonchev–Trinajstić information content (AvgIpc) is 2.15. The molecule has 3 nitrogen and oxygen atoms in total. The highest BCUT2D eigenvalue weighted by molar-refractivity contribution is 6.67. The minimum absolute atomic E-state index is 0.127. The molecule has 1 aliphatic rings. The van der Waals surface area contributed by atoms with Gasteiger partial charge in [-0.3, -0.25) is 0 Å². The Kier molecular flexibility index (Phi) is 5.03. The van der Waals surface area contributed by atoms with E-state index in [4.69, 9.17) is 39.5 Å². The minimum Gasteiger partial charge on any atom is -0.431 e. The van der Waals surface area contributed by atoms with Crippen molar-refractivity contribution >= 4 is 41.0 Å². The van der Waals surface area contributed by atoms with Crippen molar-refractivity contribution in [3.05, 3.63) is 12.2 Å². The van der Waals surface area contributed by atoms with E-state index in [1.54, 1.807) is 0 Å². The lowest BCUT2D eigenvalue weighted by molar-refractivity contribution is 0.0217. The van der Waals surface area contributed by atoms with Crippen molar-refractivity contribution in [3.8, 4) is 0 Å². The summed E-state index contributed by atoms with van der Waals surface area (Å²) in [6, 6.07) is 0. The summed E-state index contributed by atoms with van der Waals surface area (Å²) >= 11 is 16.2. The Labute approximate surface area is 103 Å². The van der Waals surface area contributed by atoms with E-state index in [0.29, 0.717) is 6.42 Å². The maximum Gasteiger partial charge on any atom is 0.508 e. The summed E-state index contributed by atoms with van der Waals surface area (Å²) in [5.41, 5.74) is 0. The van der Waals surface area contributed by atoms with Gasteiger partial charge in [0.1, 0.15) is 12.7 Å². The first-order valence-electron chi connectivity index (χ1n) is 4.52. The Morgan fingerprint density at radius 3 is 2.67 bits per heavy atom. The van der Waals surface area contributed by atoms with Gasteiger partial charge in [0.2, 0.25) is 3.79 Å². The molecule has 86 valence electrons. The minimum atomic E-state index is -1.59. The van der Waals surface area contributed by atoms with Crippen molar-refractivity contribution in [2.45, 2.75) is 29.2 Å². The highest BCUT2D eigenvalue weighted by atomic mass is 35.6. The van der Waals surface area contributed by atoms with Crippen molar-refractivity contribution in [3.63, 3.8) is 0 Å². The smallest absolute Gasteiger partial charge is 0.431 e. The fourth-order valence-electron chi connectivity index (χ4n) is 1.18. The molecule has 0 radical (unpaired) electrons. The lowest BCUT2D eigenvalue weighted by Gasteiger charge is -2.18. The zero-order valence-corrected chi connectivity index (χ0v) is 10.2. The molecule has 0 amide bonds. The van der Waals surface area contributed by atoms with Crippen LogP contribution in [0, 0.1) is 0 Å². The molecule has 0 heterocycles. The third-order valence-corrected chi connectivity index (χ3v) is 2.16. The van der Waals surface area contributed by atoms with E-state index in [1.165, 1.54) is 0 Å². The monoisotopic (exact) mass is 272 g/mol. The summed E-state index contributed by atoms with van der Waals surface area (Å²) in [6.07, 6.45) is 5.52. The molecule has 0 aliphatic heterocycles. The van der Waals surface area contributed by atoms with Crippen LogP contribution in [0.5, 0.6) is 0 Å². The maximum atomic E-state index is 11.1. The first-order chi connectivity index (χ1) is 6.97.